The fourth-order valence-corrected chi connectivity index (χ4v) is 3.21. The molecule has 1 fully saturated rings. The predicted octanol–water partition coefficient (Wildman–Crippen LogP) is 1.95. The number of carbonyl (C=O) groups excluding carboxylic acids is 2. The third-order valence-corrected chi connectivity index (χ3v) is 4.80. The smallest absolute Gasteiger partial charge is 0.251 e. The first-order chi connectivity index (χ1) is 14.1. The molecular weight excluding hydrogens is 373 g/mol. The van der Waals surface area contributed by atoms with Gasteiger partial charge < -0.3 is 15.1 Å². The van der Waals surface area contributed by atoms with Crippen LogP contribution < -0.4 is 10.2 Å². The van der Waals surface area contributed by atoms with Crippen LogP contribution in [0.15, 0.2) is 42.6 Å². The number of hydrogen-bond acceptors (Lipinski definition) is 5. The number of nitrogens with zero attached hydrogens (tertiary/aromatic N) is 4. The summed E-state index contributed by atoms with van der Waals surface area (Å²) in [6, 6.07) is 10.9. The molecule has 1 aliphatic heterocycles. The number of carbonyl (C=O) groups is 2. The standard InChI is InChI=1S/C21H22FN5O2/c22-18-7-5-16(6-8-18)21(29)25-10-2-4-19(28)26-11-13-27(14-12-26)20-17(15-23)3-1-9-24-20/h1,3,5-9H,2,4,10-14H2,(H,25,29). The summed E-state index contributed by atoms with van der Waals surface area (Å²) in [7, 11) is 0. The zero-order chi connectivity index (χ0) is 20.6. The van der Waals surface area contributed by atoms with Gasteiger partial charge in [-0.3, -0.25) is 9.59 Å². The Hall–Kier alpha value is -3.47. The molecule has 8 heteroatoms. The highest BCUT2D eigenvalue weighted by molar-refractivity contribution is 5.94. The molecule has 7 nitrogen and oxygen atoms in total. The fourth-order valence-electron chi connectivity index (χ4n) is 3.21. The number of aromatic nitrogens is 1. The topological polar surface area (TPSA) is 89.3 Å². The van der Waals surface area contributed by atoms with E-state index in [2.05, 4.69) is 16.4 Å². The van der Waals surface area contributed by atoms with Crippen LogP contribution in [-0.2, 0) is 4.79 Å². The van der Waals surface area contributed by atoms with Gasteiger partial charge in [0.05, 0.1) is 5.56 Å². The zero-order valence-electron chi connectivity index (χ0n) is 16.0. The summed E-state index contributed by atoms with van der Waals surface area (Å²) in [5, 5.41) is 11.9. The van der Waals surface area contributed by atoms with Gasteiger partial charge in [-0.15, -0.1) is 0 Å². The number of pyridine rings is 1. The Kier molecular flexibility index (Phi) is 6.74. The molecule has 1 N–H and O–H groups in total. The first kappa shape index (κ1) is 20.3. The summed E-state index contributed by atoms with van der Waals surface area (Å²) < 4.78 is 12.9. The largest absolute Gasteiger partial charge is 0.352 e. The first-order valence-corrected chi connectivity index (χ1v) is 9.50. The maximum atomic E-state index is 12.9. The molecule has 1 aliphatic rings. The van der Waals surface area contributed by atoms with Gasteiger partial charge in [0.15, 0.2) is 0 Å². The average Bonchev–Trinajstić information content (AvgIpc) is 2.77. The molecule has 0 saturated carbocycles. The van der Waals surface area contributed by atoms with Gasteiger partial charge in [0.25, 0.3) is 5.91 Å². The third kappa shape index (κ3) is 5.29. The van der Waals surface area contributed by atoms with Gasteiger partial charge in [-0.2, -0.15) is 5.26 Å². The van der Waals surface area contributed by atoms with Gasteiger partial charge in [0, 0.05) is 50.9 Å². The molecule has 2 heterocycles. The van der Waals surface area contributed by atoms with Crippen molar-refractivity contribution in [2.45, 2.75) is 12.8 Å². The van der Waals surface area contributed by atoms with Gasteiger partial charge >= 0.3 is 0 Å². The maximum absolute atomic E-state index is 12.9. The summed E-state index contributed by atoms with van der Waals surface area (Å²) >= 11 is 0. The minimum absolute atomic E-state index is 0.0437. The summed E-state index contributed by atoms with van der Waals surface area (Å²) in [6.45, 7) is 2.77. The van der Waals surface area contributed by atoms with Crippen LogP contribution >= 0.6 is 0 Å². The second-order valence-electron chi connectivity index (χ2n) is 6.72. The van der Waals surface area contributed by atoms with Crippen molar-refractivity contribution < 1.29 is 14.0 Å². The van der Waals surface area contributed by atoms with Crippen LogP contribution in [0.4, 0.5) is 10.2 Å². The number of rotatable bonds is 6. The predicted molar refractivity (Wildman–Crippen MR) is 106 cm³/mol. The van der Waals surface area contributed by atoms with Crippen molar-refractivity contribution in [3.8, 4) is 6.07 Å². The van der Waals surface area contributed by atoms with Crippen LogP contribution in [0.25, 0.3) is 0 Å². The molecule has 2 amide bonds. The number of halogens is 1. The van der Waals surface area contributed by atoms with Crippen LogP contribution in [-0.4, -0.2) is 54.4 Å². The van der Waals surface area contributed by atoms with Crippen LogP contribution in [0.5, 0.6) is 0 Å². The molecule has 0 atom stereocenters. The van der Waals surface area contributed by atoms with Gasteiger partial charge in [-0.1, -0.05) is 0 Å². The van der Waals surface area contributed by atoms with Crippen LogP contribution in [0.1, 0.15) is 28.8 Å². The molecule has 0 unspecified atom stereocenters. The number of piperazine rings is 1. The van der Waals surface area contributed by atoms with Crippen molar-refractivity contribution in [1.29, 1.82) is 5.26 Å². The lowest BCUT2D eigenvalue weighted by Crippen LogP contribution is -2.49. The second kappa shape index (κ2) is 9.64. The van der Waals surface area contributed by atoms with E-state index in [-0.39, 0.29) is 17.6 Å². The van der Waals surface area contributed by atoms with E-state index in [4.69, 9.17) is 0 Å². The highest BCUT2D eigenvalue weighted by Crippen LogP contribution is 2.18. The van der Waals surface area contributed by atoms with Gasteiger partial charge in [-0.25, -0.2) is 9.37 Å². The van der Waals surface area contributed by atoms with E-state index in [0.29, 0.717) is 62.5 Å². The lowest BCUT2D eigenvalue weighted by Gasteiger charge is -2.35. The van der Waals surface area contributed by atoms with E-state index in [1.807, 2.05) is 4.90 Å². The number of anilines is 1. The summed E-state index contributed by atoms with van der Waals surface area (Å²) in [6.07, 6.45) is 2.54. The zero-order valence-corrected chi connectivity index (χ0v) is 16.0. The lowest BCUT2D eigenvalue weighted by molar-refractivity contribution is -0.131. The third-order valence-electron chi connectivity index (χ3n) is 4.80. The van der Waals surface area contributed by atoms with Gasteiger partial charge in [0.2, 0.25) is 5.91 Å². The second-order valence-corrected chi connectivity index (χ2v) is 6.72. The fraction of sp³-hybridized carbons (Fsp3) is 0.333. The normalized spacial score (nSPS) is 13.7. The summed E-state index contributed by atoms with van der Waals surface area (Å²) in [4.78, 5) is 32.5. The number of hydrogen-bond donors (Lipinski definition) is 1. The molecule has 29 heavy (non-hydrogen) atoms. The molecular formula is C21H22FN5O2. The minimum atomic E-state index is -0.390. The average molecular weight is 395 g/mol. The molecule has 150 valence electrons. The van der Waals surface area contributed by atoms with Crippen LogP contribution in [0, 0.1) is 17.1 Å². The Bertz CT molecular complexity index is 902. The number of nitriles is 1. The van der Waals surface area contributed by atoms with Crippen LogP contribution in [0.3, 0.4) is 0 Å². The van der Waals surface area contributed by atoms with Crippen molar-refractivity contribution >= 4 is 17.6 Å². The molecule has 0 spiro atoms. The Balaban J connectivity index is 1.39. The highest BCUT2D eigenvalue weighted by atomic mass is 19.1. The molecule has 1 aromatic heterocycles. The molecule has 0 radical (unpaired) electrons. The molecule has 2 aromatic rings. The minimum Gasteiger partial charge on any atom is -0.352 e. The van der Waals surface area contributed by atoms with E-state index in [0.717, 1.165) is 0 Å². The Labute approximate surface area is 168 Å². The van der Waals surface area contributed by atoms with Crippen LogP contribution in [0.2, 0.25) is 0 Å². The number of nitrogens with one attached hydrogen (secondary N) is 1. The lowest BCUT2D eigenvalue weighted by atomic mass is 10.2. The van der Waals surface area contributed by atoms with E-state index in [1.54, 1.807) is 23.2 Å². The summed E-state index contributed by atoms with van der Waals surface area (Å²) in [5.41, 5.74) is 0.921. The van der Waals surface area contributed by atoms with Crippen molar-refractivity contribution in [2.24, 2.45) is 0 Å². The first-order valence-electron chi connectivity index (χ1n) is 9.50. The summed E-state index contributed by atoms with van der Waals surface area (Å²) in [5.74, 6) is 0.0293. The van der Waals surface area contributed by atoms with Gasteiger partial charge in [0.1, 0.15) is 17.7 Å². The number of amides is 2. The molecule has 0 aliphatic carbocycles. The quantitative estimate of drug-likeness (QED) is 0.755. The Morgan fingerprint density at radius 3 is 2.55 bits per heavy atom. The van der Waals surface area contributed by atoms with Gasteiger partial charge in [-0.05, 0) is 42.8 Å². The van der Waals surface area contributed by atoms with Crippen molar-refractivity contribution in [2.75, 3.05) is 37.6 Å². The van der Waals surface area contributed by atoms with E-state index in [1.165, 1.54) is 24.3 Å². The van der Waals surface area contributed by atoms with Crippen molar-refractivity contribution in [3.05, 3.63) is 59.5 Å². The molecule has 1 aromatic carbocycles. The van der Waals surface area contributed by atoms with Crippen molar-refractivity contribution in [1.82, 2.24) is 15.2 Å². The highest BCUT2D eigenvalue weighted by Gasteiger charge is 2.23. The maximum Gasteiger partial charge on any atom is 0.251 e. The molecule has 0 bridgehead atoms. The molecule has 3 rings (SSSR count). The number of benzene rings is 1. The van der Waals surface area contributed by atoms with Crippen molar-refractivity contribution in [3.63, 3.8) is 0 Å². The van der Waals surface area contributed by atoms with E-state index >= 15 is 0 Å². The SMILES string of the molecule is N#Cc1cccnc1N1CCN(C(=O)CCCNC(=O)c2ccc(F)cc2)CC1. The monoisotopic (exact) mass is 395 g/mol. The molecule has 1 saturated heterocycles. The van der Waals surface area contributed by atoms with E-state index in [9.17, 15) is 19.2 Å². The Morgan fingerprint density at radius 2 is 1.86 bits per heavy atom. The van der Waals surface area contributed by atoms with E-state index < -0.39 is 0 Å². The Morgan fingerprint density at radius 1 is 1.14 bits per heavy atom.